The van der Waals surface area contributed by atoms with Crippen LogP contribution in [0.25, 0.3) is 0 Å². The van der Waals surface area contributed by atoms with E-state index in [-0.39, 0.29) is 6.04 Å². The number of hydrazine groups is 1. The molecule has 1 atom stereocenters. The molecule has 3 N–H and O–H groups in total. The Kier molecular flexibility index (Phi) is 5.06. The lowest BCUT2D eigenvalue weighted by molar-refractivity contribution is 0.553. The number of thiophene rings is 1. The fourth-order valence-corrected chi connectivity index (χ4v) is 3.32. The smallest absolute Gasteiger partial charge is 0.0701 e. The van der Waals surface area contributed by atoms with E-state index in [0.717, 1.165) is 14.9 Å². The van der Waals surface area contributed by atoms with E-state index in [4.69, 9.17) is 29.0 Å². The molecule has 0 fully saturated rings. The molecular weight excluding hydrogens is 355 g/mol. The van der Waals surface area contributed by atoms with Crippen LogP contribution in [0.5, 0.6) is 0 Å². The second kappa shape index (κ2) is 6.37. The molecule has 0 bridgehead atoms. The molecule has 2 aromatic rings. The number of halogens is 3. The third kappa shape index (κ3) is 3.47. The summed E-state index contributed by atoms with van der Waals surface area (Å²) in [6.07, 6.45) is 0.694. The maximum atomic E-state index is 6.16. The van der Waals surface area contributed by atoms with Gasteiger partial charge in [0.1, 0.15) is 0 Å². The van der Waals surface area contributed by atoms with Crippen molar-refractivity contribution < 1.29 is 0 Å². The average molecular weight is 366 g/mol. The predicted octanol–water partition coefficient (Wildman–Crippen LogP) is 4.56. The first-order valence-corrected chi connectivity index (χ1v) is 7.67. The van der Waals surface area contributed by atoms with Gasteiger partial charge >= 0.3 is 0 Å². The summed E-state index contributed by atoms with van der Waals surface area (Å²) in [6, 6.07) is 7.52. The quantitative estimate of drug-likeness (QED) is 0.615. The molecule has 0 radical (unpaired) electrons. The maximum absolute atomic E-state index is 6.16. The van der Waals surface area contributed by atoms with E-state index in [9.17, 15) is 0 Å². The Labute approximate surface area is 128 Å². The standard InChI is InChI=1S/C12H11BrCl2N2S/c13-12-5-8(6-18-12)11(17-16)4-7-3-9(14)1-2-10(7)15/h1-3,5-6,11,17H,4,16H2. The van der Waals surface area contributed by atoms with Gasteiger partial charge in [0, 0.05) is 10.0 Å². The molecule has 0 amide bonds. The molecule has 1 aromatic heterocycles. The molecule has 2 nitrogen and oxygen atoms in total. The molecule has 18 heavy (non-hydrogen) atoms. The molecule has 1 unspecified atom stereocenters. The first-order chi connectivity index (χ1) is 8.60. The summed E-state index contributed by atoms with van der Waals surface area (Å²) in [5.41, 5.74) is 4.92. The minimum absolute atomic E-state index is 0.0171. The van der Waals surface area contributed by atoms with E-state index in [1.807, 2.05) is 12.1 Å². The molecular formula is C12H11BrCl2N2S. The van der Waals surface area contributed by atoms with Gasteiger partial charge in [-0.3, -0.25) is 11.3 Å². The van der Waals surface area contributed by atoms with Crippen LogP contribution in [0.1, 0.15) is 17.2 Å². The molecule has 1 heterocycles. The van der Waals surface area contributed by atoms with Crippen molar-refractivity contribution in [2.24, 2.45) is 5.84 Å². The van der Waals surface area contributed by atoms with E-state index in [1.54, 1.807) is 23.5 Å². The summed E-state index contributed by atoms with van der Waals surface area (Å²) in [4.78, 5) is 0. The summed E-state index contributed by atoms with van der Waals surface area (Å²) in [5, 5.41) is 3.44. The Morgan fingerprint density at radius 1 is 1.33 bits per heavy atom. The molecule has 2 rings (SSSR count). The molecule has 0 spiro atoms. The first kappa shape index (κ1) is 14.3. The molecule has 1 aromatic carbocycles. The Hall–Kier alpha value is -0.100. The SMILES string of the molecule is NNC(Cc1cc(Cl)ccc1Cl)c1csc(Br)c1. The number of hydrogen-bond acceptors (Lipinski definition) is 3. The van der Waals surface area contributed by atoms with Gasteiger partial charge < -0.3 is 0 Å². The summed E-state index contributed by atoms with van der Waals surface area (Å²) < 4.78 is 1.08. The summed E-state index contributed by atoms with van der Waals surface area (Å²) in [6.45, 7) is 0. The van der Waals surface area contributed by atoms with Crippen molar-refractivity contribution in [1.82, 2.24) is 5.43 Å². The monoisotopic (exact) mass is 364 g/mol. The normalized spacial score (nSPS) is 12.7. The van der Waals surface area contributed by atoms with Gasteiger partial charge in [0.15, 0.2) is 0 Å². The Balaban J connectivity index is 2.22. The summed E-state index contributed by atoms with van der Waals surface area (Å²) in [7, 11) is 0. The van der Waals surface area contributed by atoms with Gasteiger partial charge in [-0.05, 0) is 63.1 Å². The molecule has 96 valence electrons. The van der Waals surface area contributed by atoms with Crippen molar-refractivity contribution >= 4 is 50.5 Å². The van der Waals surface area contributed by atoms with Crippen LogP contribution in [-0.4, -0.2) is 0 Å². The van der Waals surface area contributed by atoms with Gasteiger partial charge in [0.05, 0.1) is 9.83 Å². The van der Waals surface area contributed by atoms with Gasteiger partial charge in [0.25, 0.3) is 0 Å². The number of rotatable bonds is 4. The zero-order valence-corrected chi connectivity index (χ0v) is 13.2. The molecule has 6 heteroatoms. The first-order valence-electron chi connectivity index (χ1n) is 5.24. The Bertz CT molecular complexity index is 545. The van der Waals surface area contributed by atoms with Gasteiger partial charge in [0.2, 0.25) is 0 Å². The van der Waals surface area contributed by atoms with Crippen molar-refractivity contribution in [3.05, 3.63) is 54.6 Å². The molecule has 0 aliphatic rings. The van der Waals surface area contributed by atoms with Crippen LogP contribution in [0.3, 0.4) is 0 Å². The van der Waals surface area contributed by atoms with Crippen molar-refractivity contribution in [3.63, 3.8) is 0 Å². The molecule has 0 saturated heterocycles. The lowest BCUT2D eigenvalue weighted by Crippen LogP contribution is -2.29. The van der Waals surface area contributed by atoms with Crippen molar-refractivity contribution in [2.75, 3.05) is 0 Å². The highest BCUT2D eigenvalue weighted by Crippen LogP contribution is 2.29. The van der Waals surface area contributed by atoms with Gasteiger partial charge in [-0.25, -0.2) is 0 Å². The highest BCUT2D eigenvalue weighted by atomic mass is 79.9. The average Bonchev–Trinajstić information content (AvgIpc) is 2.77. The third-order valence-corrected chi connectivity index (χ3v) is 4.75. The van der Waals surface area contributed by atoms with Gasteiger partial charge in [-0.1, -0.05) is 23.2 Å². The Morgan fingerprint density at radius 2 is 2.11 bits per heavy atom. The molecule has 0 aliphatic carbocycles. The number of nitrogens with two attached hydrogens (primary N) is 1. The zero-order valence-electron chi connectivity index (χ0n) is 9.29. The van der Waals surface area contributed by atoms with E-state index in [1.165, 1.54) is 0 Å². The van der Waals surface area contributed by atoms with E-state index in [0.29, 0.717) is 16.5 Å². The van der Waals surface area contributed by atoms with Crippen LogP contribution >= 0.6 is 50.5 Å². The predicted molar refractivity (Wildman–Crippen MR) is 82.2 cm³/mol. The van der Waals surface area contributed by atoms with Gasteiger partial charge in [-0.2, -0.15) is 0 Å². The highest BCUT2D eigenvalue weighted by Gasteiger charge is 2.14. The van der Waals surface area contributed by atoms with Crippen LogP contribution in [0.15, 0.2) is 33.4 Å². The van der Waals surface area contributed by atoms with Crippen molar-refractivity contribution in [2.45, 2.75) is 12.5 Å². The second-order valence-corrected chi connectivity index (χ2v) is 6.98. The largest absolute Gasteiger partial charge is 0.271 e. The second-order valence-electron chi connectivity index (χ2n) is 3.84. The fourth-order valence-electron chi connectivity index (χ4n) is 1.70. The number of hydrogen-bond donors (Lipinski definition) is 2. The number of nitrogens with one attached hydrogen (secondary N) is 1. The van der Waals surface area contributed by atoms with Crippen molar-refractivity contribution in [3.8, 4) is 0 Å². The summed E-state index contributed by atoms with van der Waals surface area (Å²) in [5.74, 6) is 5.61. The van der Waals surface area contributed by atoms with E-state index >= 15 is 0 Å². The van der Waals surface area contributed by atoms with Crippen molar-refractivity contribution in [1.29, 1.82) is 0 Å². The lowest BCUT2D eigenvalue weighted by atomic mass is 10.0. The Morgan fingerprint density at radius 3 is 2.72 bits per heavy atom. The minimum atomic E-state index is 0.0171. The lowest BCUT2D eigenvalue weighted by Gasteiger charge is -2.15. The molecule has 0 saturated carbocycles. The van der Waals surface area contributed by atoms with Crippen LogP contribution < -0.4 is 11.3 Å². The highest BCUT2D eigenvalue weighted by molar-refractivity contribution is 9.11. The molecule has 0 aliphatic heterocycles. The van der Waals surface area contributed by atoms with Crippen LogP contribution in [0.2, 0.25) is 10.0 Å². The zero-order chi connectivity index (χ0) is 13.1. The maximum Gasteiger partial charge on any atom is 0.0701 e. The van der Waals surface area contributed by atoms with Crippen LogP contribution in [0.4, 0.5) is 0 Å². The third-order valence-electron chi connectivity index (χ3n) is 2.62. The van der Waals surface area contributed by atoms with Crippen LogP contribution in [-0.2, 0) is 6.42 Å². The number of benzene rings is 1. The van der Waals surface area contributed by atoms with Crippen LogP contribution in [0, 0.1) is 0 Å². The van der Waals surface area contributed by atoms with E-state index in [2.05, 4.69) is 26.7 Å². The topological polar surface area (TPSA) is 38.0 Å². The minimum Gasteiger partial charge on any atom is -0.271 e. The summed E-state index contributed by atoms with van der Waals surface area (Å²) >= 11 is 17.2. The van der Waals surface area contributed by atoms with Gasteiger partial charge in [-0.15, -0.1) is 11.3 Å². The van der Waals surface area contributed by atoms with E-state index < -0.39 is 0 Å². The fraction of sp³-hybridized carbons (Fsp3) is 0.167.